The van der Waals surface area contributed by atoms with Crippen molar-refractivity contribution >= 4 is 0 Å². The maximum Gasteiger partial charge on any atom is 0.0863 e. The topological polar surface area (TPSA) is 30.9 Å². The highest BCUT2D eigenvalue weighted by Crippen LogP contribution is 2.05. The Hall–Kier alpha value is -0.760. The summed E-state index contributed by atoms with van der Waals surface area (Å²) < 4.78 is 1.97. The Kier molecular flexibility index (Phi) is 1.33. The molecule has 50 valence electrons. The molecule has 0 unspecified atom stereocenters. The molecular weight excluding hydrogens is 112 g/mol. The number of aromatic nitrogens is 1. The lowest BCUT2D eigenvalue weighted by Gasteiger charge is -2.20. The number of nitrogens with two attached hydrogens (primary N) is 1. The molecule has 2 heteroatoms. The molecule has 0 spiro atoms. The third-order valence-electron chi connectivity index (χ3n) is 1.27. The van der Waals surface area contributed by atoms with Gasteiger partial charge in [-0.15, -0.1) is 0 Å². The van der Waals surface area contributed by atoms with E-state index in [1.54, 1.807) is 0 Å². The molecular formula is C7H12N2. The van der Waals surface area contributed by atoms with Crippen molar-refractivity contribution in [1.82, 2.24) is 4.57 Å². The number of rotatable bonds is 1. The van der Waals surface area contributed by atoms with Crippen LogP contribution >= 0.6 is 0 Å². The maximum absolute atomic E-state index is 5.76. The van der Waals surface area contributed by atoms with E-state index in [0.29, 0.717) is 0 Å². The highest BCUT2D eigenvalue weighted by molar-refractivity contribution is 4.94. The summed E-state index contributed by atoms with van der Waals surface area (Å²) in [5.41, 5.74) is 5.50. The van der Waals surface area contributed by atoms with Gasteiger partial charge in [-0.05, 0) is 26.0 Å². The minimum atomic E-state index is -0.260. The minimum Gasteiger partial charge on any atom is -0.337 e. The largest absolute Gasteiger partial charge is 0.337 e. The standard InChI is InChI=1S/C7H12N2/c1-7(2,8)9-5-3-4-6-9/h3-6H,8H2,1-2H3. The van der Waals surface area contributed by atoms with Gasteiger partial charge in [0.15, 0.2) is 0 Å². The first kappa shape index (κ1) is 6.36. The molecule has 0 radical (unpaired) electrons. The third-order valence-corrected chi connectivity index (χ3v) is 1.27. The summed E-state index contributed by atoms with van der Waals surface area (Å²) in [6.45, 7) is 3.93. The molecule has 0 fully saturated rings. The second-order valence-electron chi connectivity index (χ2n) is 2.74. The van der Waals surface area contributed by atoms with E-state index in [1.807, 2.05) is 42.9 Å². The van der Waals surface area contributed by atoms with E-state index in [1.165, 1.54) is 0 Å². The molecule has 1 rings (SSSR count). The van der Waals surface area contributed by atoms with Crippen molar-refractivity contribution in [2.45, 2.75) is 19.5 Å². The molecule has 1 heterocycles. The molecule has 0 aliphatic heterocycles. The van der Waals surface area contributed by atoms with E-state index >= 15 is 0 Å². The van der Waals surface area contributed by atoms with Gasteiger partial charge in [-0.25, -0.2) is 0 Å². The van der Waals surface area contributed by atoms with Crippen LogP contribution in [0.25, 0.3) is 0 Å². The van der Waals surface area contributed by atoms with Crippen molar-refractivity contribution in [3.8, 4) is 0 Å². The lowest BCUT2D eigenvalue weighted by atomic mass is 10.3. The third kappa shape index (κ3) is 1.33. The molecule has 1 aromatic rings. The Labute approximate surface area is 55.3 Å². The highest BCUT2D eigenvalue weighted by Gasteiger charge is 2.09. The first-order valence-corrected chi connectivity index (χ1v) is 3.03. The van der Waals surface area contributed by atoms with Crippen LogP contribution in [0.1, 0.15) is 13.8 Å². The normalized spacial score (nSPS) is 11.9. The monoisotopic (exact) mass is 124 g/mol. The second-order valence-corrected chi connectivity index (χ2v) is 2.74. The van der Waals surface area contributed by atoms with Crippen LogP contribution in [0.3, 0.4) is 0 Å². The summed E-state index contributed by atoms with van der Waals surface area (Å²) in [5.74, 6) is 0. The van der Waals surface area contributed by atoms with Gasteiger partial charge in [0.2, 0.25) is 0 Å². The molecule has 0 amide bonds. The van der Waals surface area contributed by atoms with E-state index < -0.39 is 0 Å². The van der Waals surface area contributed by atoms with Crippen molar-refractivity contribution in [2.75, 3.05) is 0 Å². The van der Waals surface area contributed by atoms with Gasteiger partial charge < -0.3 is 10.3 Å². The summed E-state index contributed by atoms with van der Waals surface area (Å²) in [7, 11) is 0. The molecule has 9 heavy (non-hydrogen) atoms. The van der Waals surface area contributed by atoms with Gasteiger partial charge in [0.25, 0.3) is 0 Å². The fourth-order valence-corrected chi connectivity index (χ4v) is 0.719. The van der Waals surface area contributed by atoms with Gasteiger partial charge in [-0.2, -0.15) is 0 Å². The molecule has 0 aliphatic rings. The van der Waals surface area contributed by atoms with Crippen LogP contribution in [0.15, 0.2) is 24.5 Å². The Morgan fingerprint density at radius 2 is 1.67 bits per heavy atom. The Morgan fingerprint density at radius 1 is 1.22 bits per heavy atom. The summed E-state index contributed by atoms with van der Waals surface area (Å²) >= 11 is 0. The molecule has 0 aliphatic carbocycles. The van der Waals surface area contributed by atoms with Crippen molar-refractivity contribution in [3.05, 3.63) is 24.5 Å². The lowest BCUT2D eigenvalue weighted by Crippen LogP contribution is -2.34. The fourth-order valence-electron chi connectivity index (χ4n) is 0.719. The zero-order valence-corrected chi connectivity index (χ0v) is 5.83. The molecule has 0 atom stereocenters. The van der Waals surface area contributed by atoms with Crippen LogP contribution in [0.5, 0.6) is 0 Å². The van der Waals surface area contributed by atoms with Crippen molar-refractivity contribution in [1.29, 1.82) is 0 Å². The van der Waals surface area contributed by atoms with E-state index in [4.69, 9.17) is 5.73 Å². The average molecular weight is 124 g/mol. The quantitative estimate of drug-likeness (QED) is 0.598. The van der Waals surface area contributed by atoms with Gasteiger partial charge in [0.05, 0.1) is 5.66 Å². The van der Waals surface area contributed by atoms with E-state index in [-0.39, 0.29) is 5.66 Å². The van der Waals surface area contributed by atoms with E-state index in [9.17, 15) is 0 Å². The van der Waals surface area contributed by atoms with Gasteiger partial charge in [-0.3, -0.25) is 0 Å². The highest BCUT2D eigenvalue weighted by atomic mass is 15.1. The smallest absolute Gasteiger partial charge is 0.0863 e. The molecule has 0 saturated heterocycles. The Balaban J connectivity index is 2.90. The SMILES string of the molecule is CC(C)(N)n1cccc1. The molecule has 0 aromatic carbocycles. The zero-order valence-electron chi connectivity index (χ0n) is 5.83. The van der Waals surface area contributed by atoms with Gasteiger partial charge in [0.1, 0.15) is 0 Å². The van der Waals surface area contributed by atoms with Crippen molar-refractivity contribution in [3.63, 3.8) is 0 Å². The maximum atomic E-state index is 5.76. The van der Waals surface area contributed by atoms with Gasteiger partial charge in [0, 0.05) is 12.4 Å². The predicted molar refractivity (Wildman–Crippen MR) is 37.9 cm³/mol. The molecule has 1 aromatic heterocycles. The average Bonchev–Trinajstić information content (AvgIpc) is 2.08. The molecule has 2 nitrogen and oxygen atoms in total. The zero-order chi connectivity index (χ0) is 6.91. The van der Waals surface area contributed by atoms with Crippen molar-refractivity contribution < 1.29 is 0 Å². The number of nitrogens with zero attached hydrogens (tertiary/aromatic N) is 1. The van der Waals surface area contributed by atoms with Crippen LogP contribution < -0.4 is 5.73 Å². The molecule has 0 bridgehead atoms. The summed E-state index contributed by atoms with van der Waals surface area (Å²) in [6, 6.07) is 3.93. The van der Waals surface area contributed by atoms with Crippen LogP contribution in [0.2, 0.25) is 0 Å². The first-order chi connectivity index (χ1) is 4.11. The predicted octanol–water partition coefficient (Wildman–Crippen LogP) is 1.14. The van der Waals surface area contributed by atoms with Gasteiger partial charge >= 0.3 is 0 Å². The van der Waals surface area contributed by atoms with E-state index in [2.05, 4.69) is 0 Å². The fraction of sp³-hybridized carbons (Fsp3) is 0.429. The van der Waals surface area contributed by atoms with Gasteiger partial charge in [-0.1, -0.05) is 0 Å². The van der Waals surface area contributed by atoms with Crippen LogP contribution in [0.4, 0.5) is 0 Å². The van der Waals surface area contributed by atoms with Crippen molar-refractivity contribution in [2.24, 2.45) is 5.73 Å². The Bertz CT molecular complexity index is 169. The second kappa shape index (κ2) is 1.88. The number of hydrogen-bond donors (Lipinski definition) is 1. The summed E-state index contributed by atoms with van der Waals surface area (Å²) in [4.78, 5) is 0. The molecule has 2 N–H and O–H groups in total. The summed E-state index contributed by atoms with van der Waals surface area (Å²) in [6.07, 6.45) is 3.92. The summed E-state index contributed by atoms with van der Waals surface area (Å²) in [5, 5.41) is 0. The lowest BCUT2D eigenvalue weighted by molar-refractivity contribution is 0.373. The minimum absolute atomic E-state index is 0.260. The first-order valence-electron chi connectivity index (χ1n) is 3.03. The van der Waals surface area contributed by atoms with E-state index in [0.717, 1.165) is 0 Å². The van der Waals surface area contributed by atoms with Crippen LogP contribution in [-0.4, -0.2) is 4.57 Å². The van der Waals surface area contributed by atoms with Crippen LogP contribution in [0, 0.1) is 0 Å². The van der Waals surface area contributed by atoms with Crippen LogP contribution in [-0.2, 0) is 5.66 Å². The number of hydrogen-bond acceptors (Lipinski definition) is 1. The molecule has 0 saturated carbocycles. The Morgan fingerprint density at radius 3 is 1.89 bits per heavy atom.